The van der Waals surface area contributed by atoms with Gasteiger partial charge in [-0.3, -0.25) is 0 Å². The van der Waals surface area contributed by atoms with Crippen molar-refractivity contribution in [2.75, 3.05) is 26.4 Å². The normalized spacial score (nSPS) is 32.0. The van der Waals surface area contributed by atoms with E-state index >= 15 is 0 Å². The van der Waals surface area contributed by atoms with Crippen molar-refractivity contribution < 1.29 is 40.0 Å². The molecule has 0 aromatic carbocycles. The maximum Gasteiger partial charge on any atom is 0.534 e. The highest BCUT2D eigenvalue weighted by molar-refractivity contribution is 7.87. The molecule has 3 aliphatic rings. The highest BCUT2D eigenvalue weighted by atomic mass is 32.2. The molecule has 0 amide bonds. The summed E-state index contributed by atoms with van der Waals surface area (Å²) in [6.45, 7) is 1.16. The summed E-state index contributed by atoms with van der Waals surface area (Å²) in [6, 6.07) is 0. The van der Waals surface area contributed by atoms with Gasteiger partial charge in [-0.1, -0.05) is 0 Å². The highest BCUT2D eigenvalue weighted by Crippen LogP contribution is 2.47. The fourth-order valence-corrected chi connectivity index (χ4v) is 3.42. The zero-order valence-corrected chi connectivity index (χ0v) is 11.6. The van der Waals surface area contributed by atoms with Crippen molar-refractivity contribution in [1.29, 1.82) is 0 Å². The number of ether oxygens (including phenoxy) is 3. The van der Waals surface area contributed by atoms with Gasteiger partial charge in [0.15, 0.2) is 5.79 Å². The van der Waals surface area contributed by atoms with Crippen LogP contribution in [-0.2, 0) is 28.5 Å². The molecule has 2 bridgehead atoms. The number of hydrogen-bond acceptors (Lipinski definition) is 6. The summed E-state index contributed by atoms with van der Waals surface area (Å²) >= 11 is 0. The minimum atomic E-state index is -5.65. The third-order valence-corrected chi connectivity index (χ3v) is 4.78. The van der Waals surface area contributed by atoms with Gasteiger partial charge in [-0.25, -0.2) is 0 Å². The number of hydrogen-bond donors (Lipinski definition) is 0. The lowest BCUT2D eigenvalue weighted by Gasteiger charge is -2.46. The van der Waals surface area contributed by atoms with Gasteiger partial charge in [-0.05, 0) is 6.08 Å². The molecule has 2 fully saturated rings. The first-order valence-corrected chi connectivity index (χ1v) is 7.72. The first-order valence-electron chi connectivity index (χ1n) is 6.32. The van der Waals surface area contributed by atoms with Gasteiger partial charge in [-0.2, -0.15) is 21.6 Å². The van der Waals surface area contributed by atoms with Gasteiger partial charge in [0.05, 0.1) is 32.3 Å². The van der Waals surface area contributed by atoms with Crippen LogP contribution in [0.3, 0.4) is 0 Å². The summed E-state index contributed by atoms with van der Waals surface area (Å²) in [4.78, 5) is 0. The lowest BCUT2D eigenvalue weighted by atomic mass is 9.78. The van der Waals surface area contributed by atoms with E-state index in [1.807, 2.05) is 0 Å². The van der Waals surface area contributed by atoms with Crippen molar-refractivity contribution in [1.82, 2.24) is 0 Å². The first-order chi connectivity index (χ1) is 9.75. The fraction of sp³-hybridized carbons (Fsp3) is 0.818. The second-order valence-corrected chi connectivity index (χ2v) is 6.62. The molecule has 2 aliphatic heterocycles. The van der Waals surface area contributed by atoms with Crippen LogP contribution < -0.4 is 0 Å². The predicted molar refractivity (Wildman–Crippen MR) is 61.2 cm³/mol. The van der Waals surface area contributed by atoms with Crippen LogP contribution in [0.2, 0.25) is 0 Å². The maximum absolute atomic E-state index is 12.4. The summed E-state index contributed by atoms with van der Waals surface area (Å²) in [5.41, 5.74) is -5.45. The smallest absolute Gasteiger partial charge is 0.381 e. The van der Waals surface area contributed by atoms with Crippen LogP contribution in [0.4, 0.5) is 13.2 Å². The molecule has 0 radical (unpaired) electrons. The van der Waals surface area contributed by atoms with Crippen LogP contribution in [0.15, 0.2) is 11.8 Å². The van der Waals surface area contributed by atoms with Crippen LogP contribution >= 0.6 is 0 Å². The molecular weight excluding hydrogens is 317 g/mol. The van der Waals surface area contributed by atoms with Crippen LogP contribution in [0.5, 0.6) is 0 Å². The van der Waals surface area contributed by atoms with E-state index in [2.05, 4.69) is 4.18 Å². The highest BCUT2D eigenvalue weighted by Gasteiger charge is 2.56. The molecule has 6 nitrogen and oxygen atoms in total. The quantitative estimate of drug-likeness (QED) is 0.559. The van der Waals surface area contributed by atoms with Crippen molar-refractivity contribution in [3.8, 4) is 0 Å². The predicted octanol–water partition coefficient (Wildman–Crippen LogP) is 1.15. The molecule has 2 heterocycles. The Hall–Kier alpha value is -0.840. The van der Waals surface area contributed by atoms with E-state index in [0.29, 0.717) is 13.2 Å². The number of halogens is 3. The van der Waals surface area contributed by atoms with Gasteiger partial charge in [-0.15, -0.1) is 0 Å². The van der Waals surface area contributed by atoms with E-state index in [0.717, 1.165) is 0 Å². The van der Waals surface area contributed by atoms with Gasteiger partial charge in [0.1, 0.15) is 5.76 Å². The lowest BCUT2D eigenvalue weighted by Crippen LogP contribution is -2.55. The average Bonchev–Trinajstić information content (AvgIpc) is 2.79. The molecule has 3 rings (SSSR count). The molecular formula is C11H13F3O6S. The Bertz CT molecular complexity index is 549. The van der Waals surface area contributed by atoms with E-state index in [1.165, 1.54) is 6.08 Å². The summed E-state index contributed by atoms with van der Waals surface area (Å²) in [5, 5.41) is 0. The van der Waals surface area contributed by atoms with Gasteiger partial charge in [0, 0.05) is 12.3 Å². The standard InChI is InChI=1S/C11H13F3O6S/c12-11(13,14)21(15,16)20-9-3-7-5-17-6-8(4-9)10(7)18-1-2-19-10/h3,7-8H,1-2,4-6H2. The molecule has 21 heavy (non-hydrogen) atoms. The zero-order valence-electron chi connectivity index (χ0n) is 10.8. The Balaban J connectivity index is 1.85. The molecule has 0 saturated carbocycles. The topological polar surface area (TPSA) is 71.1 Å². The number of allylic oxidation sites excluding steroid dienone is 1. The molecule has 1 aliphatic carbocycles. The van der Waals surface area contributed by atoms with Crippen molar-refractivity contribution >= 4 is 10.1 Å². The van der Waals surface area contributed by atoms with Crippen molar-refractivity contribution in [3.63, 3.8) is 0 Å². The number of alkyl halides is 3. The molecule has 2 atom stereocenters. The monoisotopic (exact) mass is 330 g/mol. The molecule has 0 N–H and O–H groups in total. The Labute approximate surface area is 118 Å². The summed E-state index contributed by atoms with van der Waals surface area (Å²) in [6.07, 6.45) is 1.25. The summed E-state index contributed by atoms with van der Waals surface area (Å²) in [5.74, 6) is -2.07. The largest absolute Gasteiger partial charge is 0.534 e. The van der Waals surface area contributed by atoms with E-state index in [4.69, 9.17) is 14.2 Å². The Kier molecular flexibility index (Phi) is 3.47. The van der Waals surface area contributed by atoms with E-state index in [-0.39, 0.29) is 25.4 Å². The Morgan fingerprint density at radius 3 is 2.48 bits per heavy atom. The zero-order chi connectivity index (χ0) is 15.3. The molecule has 1 spiro atoms. The van der Waals surface area contributed by atoms with Crippen LogP contribution in [0, 0.1) is 11.8 Å². The van der Waals surface area contributed by atoms with Crippen molar-refractivity contribution in [2.24, 2.45) is 11.8 Å². The average molecular weight is 330 g/mol. The molecule has 0 aromatic heterocycles. The number of rotatable bonds is 2. The van der Waals surface area contributed by atoms with Gasteiger partial charge < -0.3 is 18.4 Å². The van der Waals surface area contributed by atoms with Crippen molar-refractivity contribution in [2.45, 2.75) is 17.7 Å². The minimum Gasteiger partial charge on any atom is -0.381 e. The van der Waals surface area contributed by atoms with Crippen LogP contribution in [0.1, 0.15) is 6.42 Å². The van der Waals surface area contributed by atoms with Crippen LogP contribution in [0.25, 0.3) is 0 Å². The lowest BCUT2D eigenvalue weighted by molar-refractivity contribution is -0.268. The van der Waals surface area contributed by atoms with E-state index in [9.17, 15) is 21.6 Å². The second-order valence-electron chi connectivity index (χ2n) is 5.08. The maximum atomic E-state index is 12.4. The molecule has 0 aromatic rings. The molecule has 10 heteroatoms. The molecule has 2 unspecified atom stereocenters. The summed E-state index contributed by atoms with van der Waals surface area (Å²) < 4.78 is 80.0. The molecule has 120 valence electrons. The van der Waals surface area contributed by atoms with Crippen LogP contribution in [-0.4, -0.2) is 46.1 Å². The first kappa shape index (κ1) is 15.1. The van der Waals surface area contributed by atoms with E-state index < -0.39 is 33.2 Å². The van der Waals surface area contributed by atoms with E-state index in [1.54, 1.807) is 0 Å². The fourth-order valence-electron chi connectivity index (χ4n) is 2.92. The van der Waals surface area contributed by atoms with Crippen molar-refractivity contribution in [3.05, 3.63) is 11.8 Å². The Morgan fingerprint density at radius 1 is 1.24 bits per heavy atom. The summed E-state index contributed by atoms with van der Waals surface area (Å²) in [7, 11) is -5.65. The minimum absolute atomic E-state index is 0.0498. The van der Waals surface area contributed by atoms with Gasteiger partial charge >= 0.3 is 15.6 Å². The SMILES string of the molecule is O=S(=O)(OC1=CC2COCC(C1)C21OCCO1)C(F)(F)F. The molecule has 2 saturated heterocycles. The Morgan fingerprint density at radius 2 is 1.90 bits per heavy atom. The third kappa shape index (κ3) is 2.43. The van der Waals surface area contributed by atoms with Gasteiger partial charge in [0.25, 0.3) is 0 Å². The second kappa shape index (κ2) is 4.83. The third-order valence-electron chi connectivity index (χ3n) is 3.78. The van der Waals surface area contributed by atoms with Gasteiger partial charge in [0.2, 0.25) is 0 Å².